The number of amides is 1. The van der Waals surface area contributed by atoms with E-state index in [1.807, 2.05) is 6.07 Å². The molecule has 1 N–H and O–H groups in total. The van der Waals surface area contributed by atoms with Gasteiger partial charge in [0.1, 0.15) is 5.82 Å². The first kappa shape index (κ1) is 19.4. The number of benzene rings is 2. The number of nitriles is 1. The molecule has 0 saturated carbocycles. The highest BCUT2D eigenvalue weighted by atomic mass is 32.2. The molecule has 0 aliphatic heterocycles. The Morgan fingerprint density at radius 1 is 1.23 bits per heavy atom. The summed E-state index contributed by atoms with van der Waals surface area (Å²) in [6.07, 6.45) is 0.233. The SMILES string of the molecule is Cc1cc(S(=O)(=O)Nc2ccc(C(=O)N(C)CCC#N)cc2)ccc1F. The van der Waals surface area contributed by atoms with Gasteiger partial charge in [0, 0.05) is 24.8 Å². The fourth-order valence-corrected chi connectivity index (χ4v) is 3.36. The number of anilines is 1. The predicted molar refractivity (Wildman–Crippen MR) is 95.6 cm³/mol. The molecule has 8 heteroatoms. The van der Waals surface area contributed by atoms with Crippen molar-refractivity contribution in [1.82, 2.24) is 4.90 Å². The monoisotopic (exact) mass is 375 g/mol. The van der Waals surface area contributed by atoms with Crippen LogP contribution in [-0.4, -0.2) is 32.8 Å². The summed E-state index contributed by atoms with van der Waals surface area (Å²) in [5.74, 6) is -0.740. The zero-order valence-corrected chi connectivity index (χ0v) is 15.2. The highest BCUT2D eigenvalue weighted by Crippen LogP contribution is 2.19. The minimum Gasteiger partial charge on any atom is -0.341 e. The zero-order valence-electron chi connectivity index (χ0n) is 14.4. The van der Waals surface area contributed by atoms with Crippen LogP contribution in [0.4, 0.5) is 10.1 Å². The molecule has 0 aliphatic carbocycles. The van der Waals surface area contributed by atoms with Crippen LogP contribution in [0.2, 0.25) is 0 Å². The molecule has 6 nitrogen and oxygen atoms in total. The van der Waals surface area contributed by atoms with E-state index in [0.29, 0.717) is 12.1 Å². The second kappa shape index (κ2) is 7.97. The Labute approximate surface area is 151 Å². The van der Waals surface area contributed by atoms with Crippen molar-refractivity contribution in [2.75, 3.05) is 18.3 Å². The molecule has 26 heavy (non-hydrogen) atoms. The number of carbonyl (C=O) groups excluding carboxylic acids is 1. The molecule has 0 bridgehead atoms. The van der Waals surface area contributed by atoms with Crippen LogP contribution in [0.1, 0.15) is 22.3 Å². The zero-order chi connectivity index (χ0) is 19.3. The molecular formula is C18H18FN3O3S. The molecule has 0 spiro atoms. The lowest BCUT2D eigenvalue weighted by atomic mass is 10.2. The lowest BCUT2D eigenvalue weighted by Crippen LogP contribution is -2.27. The van der Waals surface area contributed by atoms with Gasteiger partial charge in [-0.05, 0) is 55.0 Å². The Hall–Kier alpha value is -2.92. The third-order valence-electron chi connectivity index (χ3n) is 3.73. The summed E-state index contributed by atoms with van der Waals surface area (Å²) in [7, 11) is -2.27. The maximum absolute atomic E-state index is 13.3. The minimum atomic E-state index is -3.86. The summed E-state index contributed by atoms with van der Waals surface area (Å²) < 4.78 is 40.4. The quantitative estimate of drug-likeness (QED) is 0.840. The highest BCUT2D eigenvalue weighted by Gasteiger charge is 2.16. The Morgan fingerprint density at radius 3 is 2.46 bits per heavy atom. The molecule has 0 aliphatic rings. The van der Waals surface area contributed by atoms with Crippen molar-refractivity contribution >= 4 is 21.6 Å². The Balaban J connectivity index is 2.14. The van der Waals surface area contributed by atoms with E-state index >= 15 is 0 Å². The van der Waals surface area contributed by atoms with Gasteiger partial charge in [-0.1, -0.05) is 0 Å². The second-order valence-corrected chi connectivity index (χ2v) is 7.41. The molecule has 0 aromatic heterocycles. The summed E-state index contributed by atoms with van der Waals surface area (Å²) in [6, 6.07) is 11.4. The molecule has 0 atom stereocenters. The van der Waals surface area contributed by atoms with Crippen molar-refractivity contribution in [2.45, 2.75) is 18.2 Å². The average Bonchev–Trinajstić information content (AvgIpc) is 2.61. The average molecular weight is 375 g/mol. The lowest BCUT2D eigenvalue weighted by Gasteiger charge is -2.15. The molecular weight excluding hydrogens is 357 g/mol. The summed E-state index contributed by atoms with van der Waals surface area (Å²) >= 11 is 0. The maximum Gasteiger partial charge on any atom is 0.261 e. The number of hydrogen-bond acceptors (Lipinski definition) is 4. The van der Waals surface area contributed by atoms with Crippen molar-refractivity contribution in [3.8, 4) is 6.07 Å². The van der Waals surface area contributed by atoms with Gasteiger partial charge in [0.05, 0.1) is 17.4 Å². The van der Waals surface area contributed by atoms with Crippen molar-refractivity contribution < 1.29 is 17.6 Å². The number of halogens is 1. The summed E-state index contributed by atoms with van der Waals surface area (Å²) in [5.41, 5.74) is 0.892. The number of carbonyl (C=O) groups is 1. The van der Waals surface area contributed by atoms with Gasteiger partial charge in [-0.25, -0.2) is 12.8 Å². The second-order valence-electron chi connectivity index (χ2n) is 5.73. The van der Waals surface area contributed by atoms with Crippen LogP contribution in [0.3, 0.4) is 0 Å². The van der Waals surface area contributed by atoms with Crippen LogP contribution < -0.4 is 4.72 Å². The fourth-order valence-electron chi connectivity index (χ4n) is 2.22. The largest absolute Gasteiger partial charge is 0.341 e. The molecule has 0 radical (unpaired) electrons. The molecule has 0 saturated heterocycles. The van der Waals surface area contributed by atoms with Crippen LogP contribution in [0.25, 0.3) is 0 Å². The van der Waals surface area contributed by atoms with E-state index in [1.54, 1.807) is 7.05 Å². The normalized spacial score (nSPS) is 10.8. The molecule has 0 unspecified atom stereocenters. The number of nitrogens with one attached hydrogen (secondary N) is 1. The highest BCUT2D eigenvalue weighted by molar-refractivity contribution is 7.92. The summed E-state index contributed by atoms with van der Waals surface area (Å²) in [4.78, 5) is 13.6. The molecule has 0 heterocycles. The fraction of sp³-hybridized carbons (Fsp3) is 0.222. The molecule has 2 rings (SSSR count). The maximum atomic E-state index is 13.3. The van der Waals surface area contributed by atoms with Crippen LogP contribution in [0, 0.1) is 24.1 Å². The van der Waals surface area contributed by atoms with E-state index in [0.717, 1.165) is 6.07 Å². The van der Waals surface area contributed by atoms with E-state index < -0.39 is 15.8 Å². The third-order valence-corrected chi connectivity index (χ3v) is 5.11. The first-order valence-electron chi connectivity index (χ1n) is 7.76. The van der Waals surface area contributed by atoms with Gasteiger partial charge < -0.3 is 4.90 Å². The molecule has 2 aromatic carbocycles. The Bertz CT molecular complexity index is 951. The first-order valence-corrected chi connectivity index (χ1v) is 9.24. The molecule has 1 amide bonds. The number of aryl methyl sites for hydroxylation is 1. The van der Waals surface area contributed by atoms with Crippen LogP contribution >= 0.6 is 0 Å². The molecule has 2 aromatic rings. The standard InChI is InChI=1S/C18H18FN3O3S/c1-13-12-16(8-9-17(13)19)26(24,25)21-15-6-4-14(5-7-15)18(23)22(2)11-3-10-20/h4-9,12,21H,3,11H2,1-2H3. The van der Waals surface area contributed by atoms with E-state index in [4.69, 9.17) is 5.26 Å². The van der Waals surface area contributed by atoms with E-state index in [-0.39, 0.29) is 28.5 Å². The number of rotatable bonds is 6. The first-order chi connectivity index (χ1) is 12.2. The van der Waals surface area contributed by atoms with E-state index in [1.165, 1.54) is 48.2 Å². The Morgan fingerprint density at radius 2 is 1.88 bits per heavy atom. The van der Waals surface area contributed by atoms with Crippen molar-refractivity contribution in [2.24, 2.45) is 0 Å². The van der Waals surface area contributed by atoms with Crippen LogP contribution in [0.15, 0.2) is 47.4 Å². The minimum absolute atomic E-state index is 0.0483. The van der Waals surface area contributed by atoms with Crippen molar-refractivity contribution in [1.29, 1.82) is 5.26 Å². The van der Waals surface area contributed by atoms with E-state index in [9.17, 15) is 17.6 Å². The number of nitrogens with zero attached hydrogens (tertiary/aromatic N) is 2. The van der Waals surface area contributed by atoms with Gasteiger partial charge in [0.25, 0.3) is 15.9 Å². The number of hydrogen-bond donors (Lipinski definition) is 1. The van der Waals surface area contributed by atoms with Crippen LogP contribution in [0.5, 0.6) is 0 Å². The lowest BCUT2D eigenvalue weighted by molar-refractivity contribution is 0.0798. The third kappa shape index (κ3) is 4.58. The van der Waals surface area contributed by atoms with Gasteiger partial charge in [-0.15, -0.1) is 0 Å². The number of sulfonamides is 1. The topological polar surface area (TPSA) is 90.3 Å². The van der Waals surface area contributed by atoms with Crippen molar-refractivity contribution in [3.05, 3.63) is 59.4 Å². The van der Waals surface area contributed by atoms with Crippen LogP contribution in [-0.2, 0) is 10.0 Å². The van der Waals surface area contributed by atoms with Gasteiger partial charge >= 0.3 is 0 Å². The predicted octanol–water partition coefficient (Wildman–Crippen LogP) is 2.92. The Kier molecular flexibility index (Phi) is 5.95. The van der Waals surface area contributed by atoms with E-state index in [2.05, 4.69) is 4.72 Å². The van der Waals surface area contributed by atoms with Gasteiger partial charge in [-0.3, -0.25) is 9.52 Å². The molecule has 0 fully saturated rings. The van der Waals surface area contributed by atoms with Crippen molar-refractivity contribution in [3.63, 3.8) is 0 Å². The van der Waals surface area contributed by atoms with Gasteiger partial charge in [0.2, 0.25) is 0 Å². The summed E-state index contributed by atoms with van der Waals surface area (Å²) in [5, 5.41) is 8.56. The summed E-state index contributed by atoms with van der Waals surface area (Å²) in [6.45, 7) is 1.80. The smallest absolute Gasteiger partial charge is 0.261 e. The molecule has 136 valence electrons. The van der Waals surface area contributed by atoms with Gasteiger partial charge in [0.15, 0.2) is 0 Å². The van der Waals surface area contributed by atoms with Gasteiger partial charge in [-0.2, -0.15) is 5.26 Å².